The second-order valence-corrected chi connectivity index (χ2v) is 4.48. The summed E-state index contributed by atoms with van der Waals surface area (Å²) in [6, 6.07) is 7.24. The minimum Gasteiger partial charge on any atom is -0.496 e. The number of aromatic amines is 1. The van der Waals surface area contributed by atoms with Gasteiger partial charge in [0.25, 0.3) is 5.91 Å². The molecule has 0 saturated carbocycles. The first-order valence-electron chi connectivity index (χ1n) is 6.64. The summed E-state index contributed by atoms with van der Waals surface area (Å²) in [4.78, 5) is 18.9. The van der Waals surface area contributed by atoms with Gasteiger partial charge in [0, 0.05) is 17.4 Å². The number of methoxy groups -OCH3 is 1. The molecule has 1 amide bonds. The van der Waals surface area contributed by atoms with E-state index in [2.05, 4.69) is 15.3 Å². The van der Waals surface area contributed by atoms with Gasteiger partial charge in [0.2, 0.25) is 0 Å². The van der Waals surface area contributed by atoms with Crippen molar-refractivity contribution in [2.24, 2.45) is 16.5 Å². The van der Waals surface area contributed by atoms with Gasteiger partial charge in [-0.05, 0) is 31.2 Å². The molecule has 7 heteroatoms. The lowest BCUT2D eigenvalue weighted by Crippen LogP contribution is -2.34. The Morgan fingerprint density at radius 2 is 2.29 bits per heavy atom. The van der Waals surface area contributed by atoms with Crippen LogP contribution in [-0.4, -0.2) is 37.1 Å². The smallest absolute Gasteiger partial charge is 0.296 e. The highest BCUT2D eigenvalue weighted by atomic mass is 16.5. The van der Waals surface area contributed by atoms with E-state index in [1.165, 1.54) is 0 Å². The number of carbonyl (C=O) groups is 1. The van der Waals surface area contributed by atoms with Crippen LogP contribution < -0.4 is 21.5 Å². The Balaban J connectivity index is 2.18. The Morgan fingerprint density at radius 1 is 1.48 bits per heavy atom. The lowest BCUT2D eigenvalue weighted by Gasteiger charge is -2.02. The summed E-state index contributed by atoms with van der Waals surface area (Å²) in [5.41, 5.74) is 12.2. The fourth-order valence-corrected chi connectivity index (χ4v) is 1.95. The van der Waals surface area contributed by atoms with Gasteiger partial charge >= 0.3 is 0 Å². The zero-order valence-corrected chi connectivity index (χ0v) is 11.8. The number of H-pyrrole nitrogens is 1. The van der Waals surface area contributed by atoms with Gasteiger partial charge in [-0.25, -0.2) is 0 Å². The van der Waals surface area contributed by atoms with Crippen LogP contribution >= 0.6 is 0 Å². The lowest BCUT2D eigenvalue weighted by molar-refractivity contribution is 0.0998. The molecule has 1 aromatic heterocycles. The van der Waals surface area contributed by atoms with E-state index >= 15 is 0 Å². The minimum atomic E-state index is -0.439. The number of hydrogen-bond acceptors (Lipinski definition) is 3. The molecule has 2 aromatic rings. The third-order valence-electron chi connectivity index (χ3n) is 2.98. The topological polar surface area (TPSA) is 119 Å². The van der Waals surface area contributed by atoms with Crippen molar-refractivity contribution in [1.82, 2.24) is 10.3 Å². The average molecular weight is 289 g/mol. The van der Waals surface area contributed by atoms with Crippen LogP contribution in [0.2, 0.25) is 0 Å². The number of guanidine groups is 1. The molecule has 2 rings (SSSR count). The minimum absolute atomic E-state index is 0.0825. The number of rotatable bonds is 5. The standard InChI is InChI=1S/C14H19N5O2/c1-21-12-5-2-4-10-9(12)8-11(18-10)13(20)19-14(16)17-7-3-6-15/h2,4-5,8,18H,3,6-7,15H2,1H3,(H3,16,17,19,20). The van der Waals surface area contributed by atoms with E-state index < -0.39 is 5.91 Å². The summed E-state index contributed by atoms with van der Waals surface area (Å²) in [5, 5.41) is 3.66. The molecule has 0 saturated heterocycles. The number of aromatic nitrogens is 1. The molecule has 0 radical (unpaired) electrons. The highest BCUT2D eigenvalue weighted by Gasteiger charge is 2.11. The molecule has 7 nitrogen and oxygen atoms in total. The van der Waals surface area contributed by atoms with E-state index in [0.29, 0.717) is 24.5 Å². The van der Waals surface area contributed by atoms with Crippen molar-refractivity contribution in [2.75, 3.05) is 20.2 Å². The van der Waals surface area contributed by atoms with Crippen molar-refractivity contribution in [2.45, 2.75) is 6.42 Å². The summed E-state index contributed by atoms with van der Waals surface area (Å²) < 4.78 is 5.25. The Bertz CT molecular complexity index is 662. The maximum atomic E-state index is 12.1. The van der Waals surface area contributed by atoms with Crippen LogP contribution in [0.15, 0.2) is 29.3 Å². The van der Waals surface area contributed by atoms with Crippen LogP contribution in [0.1, 0.15) is 16.9 Å². The van der Waals surface area contributed by atoms with E-state index in [4.69, 9.17) is 16.2 Å². The van der Waals surface area contributed by atoms with E-state index in [-0.39, 0.29) is 5.96 Å². The van der Waals surface area contributed by atoms with Gasteiger partial charge in [-0.15, -0.1) is 0 Å². The normalized spacial score (nSPS) is 11.6. The molecule has 6 N–H and O–H groups in total. The first-order valence-corrected chi connectivity index (χ1v) is 6.64. The summed E-state index contributed by atoms with van der Waals surface area (Å²) >= 11 is 0. The zero-order chi connectivity index (χ0) is 15.2. The summed E-state index contributed by atoms with van der Waals surface area (Å²) in [6.07, 6.45) is 0.758. The predicted molar refractivity (Wildman–Crippen MR) is 82.5 cm³/mol. The Hall–Kier alpha value is -2.54. The molecule has 1 heterocycles. The van der Waals surface area contributed by atoms with Gasteiger partial charge in [0.1, 0.15) is 11.4 Å². The van der Waals surface area contributed by atoms with Crippen molar-refractivity contribution in [3.05, 3.63) is 30.0 Å². The van der Waals surface area contributed by atoms with Crippen molar-refractivity contribution < 1.29 is 9.53 Å². The zero-order valence-electron chi connectivity index (χ0n) is 11.8. The maximum Gasteiger partial charge on any atom is 0.296 e. The molecule has 0 atom stereocenters. The maximum absolute atomic E-state index is 12.1. The summed E-state index contributed by atoms with van der Waals surface area (Å²) in [5.74, 6) is 0.339. The Morgan fingerprint density at radius 3 is 3.00 bits per heavy atom. The van der Waals surface area contributed by atoms with Gasteiger partial charge in [0.05, 0.1) is 7.11 Å². The third-order valence-corrected chi connectivity index (χ3v) is 2.98. The fraction of sp³-hybridized carbons (Fsp3) is 0.286. The van der Waals surface area contributed by atoms with Gasteiger partial charge in [-0.2, -0.15) is 4.99 Å². The molecule has 0 fully saturated rings. The number of nitrogens with one attached hydrogen (secondary N) is 2. The highest BCUT2D eigenvalue weighted by Crippen LogP contribution is 2.26. The Labute approximate surface area is 122 Å². The van der Waals surface area contributed by atoms with Crippen LogP contribution in [0.4, 0.5) is 0 Å². The first kappa shape index (κ1) is 14.9. The number of nitrogens with zero attached hydrogens (tertiary/aromatic N) is 1. The predicted octanol–water partition coefficient (Wildman–Crippen LogP) is 0.570. The van der Waals surface area contributed by atoms with Gasteiger partial charge < -0.3 is 26.5 Å². The van der Waals surface area contributed by atoms with Crippen molar-refractivity contribution in [3.63, 3.8) is 0 Å². The average Bonchev–Trinajstić information content (AvgIpc) is 2.91. The lowest BCUT2D eigenvalue weighted by atomic mass is 10.2. The molecule has 1 aromatic carbocycles. The molecule has 0 aliphatic carbocycles. The van der Waals surface area contributed by atoms with Crippen molar-refractivity contribution in [1.29, 1.82) is 0 Å². The number of carbonyl (C=O) groups excluding carboxylic acids is 1. The van der Waals surface area contributed by atoms with Crippen molar-refractivity contribution >= 4 is 22.8 Å². The number of aliphatic imine (C=N–C) groups is 1. The van der Waals surface area contributed by atoms with Crippen LogP contribution in [0.25, 0.3) is 10.9 Å². The van der Waals surface area contributed by atoms with Crippen LogP contribution in [0.5, 0.6) is 5.75 Å². The second-order valence-electron chi connectivity index (χ2n) is 4.48. The molecule has 0 spiro atoms. The molecule has 0 bridgehead atoms. The van der Waals surface area contributed by atoms with E-state index in [1.54, 1.807) is 13.2 Å². The van der Waals surface area contributed by atoms with Crippen LogP contribution in [-0.2, 0) is 0 Å². The number of amides is 1. The molecular weight excluding hydrogens is 270 g/mol. The van der Waals surface area contributed by atoms with E-state index in [9.17, 15) is 4.79 Å². The largest absolute Gasteiger partial charge is 0.496 e. The number of benzene rings is 1. The number of hydrogen-bond donors (Lipinski definition) is 4. The molecule has 0 unspecified atom stereocenters. The van der Waals surface area contributed by atoms with Gasteiger partial charge in [0.15, 0.2) is 5.96 Å². The Kier molecular flexibility index (Phi) is 4.78. The monoisotopic (exact) mass is 289 g/mol. The molecule has 21 heavy (non-hydrogen) atoms. The number of ether oxygens (including phenoxy) is 1. The highest BCUT2D eigenvalue weighted by molar-refractivity contribution is 6.04. The van der Waals surface area contributed by atoms with Gasteiger partial charge in [-0.3, -0.25) is 4.79 Å². The first-order chi connectivity index (χ1) is 10.2. The fourth-order valence-electron chi connectivity index (χ4n) is 1.95. The van der Waals surface area contributed by atoms with Crippen molar-refractivity contribution in [3.8, 4) is 5.75 Å². The molecule has 0 aliphatic rings. The number of nitrogens with two attached hydrogens (primary N) is 2. The van der Waals surface area contributed by atoms with Gasteiger partial charge in [-0.1, -0.05) is 6.07 Å². The molecule has 112 valence electrons. The van der Waals surface area contributed by atoms with E-state index in [1.807, 2.05) is 18.2 Å². The molecular formula is C14H19N5O2. The number of fused-ring (bicyclic) bond motifs is 1. The quantitative estimate of drug-likeness (QED) is 0.364. The molecule has 0 aliphatic heterocycles. The third kappa shape index (κ3) is 3.51. The second kappa shape index (κ2) is 6.76. The SMILES string of the molecule is COc1cccc2[nH]c(C(=O)N=C(N)NCCCN)cc12. The van der Waals surface area contributed by atoms with Crippen LogP contribution in [0.3, 0.4) is 0 Å². The van der Waals surface area contributed by atoms with Crippen LogP contribution in [0, 0.1) is 0 Å². The summed E-state index contributed by atoms with van der Waals surface area (Å²) in [7, 11) is 1.58. The summed E-state index contributed by atoms with van der Waals surface area (Å²) in [6.45, 7) is 1.13. The van der Waals surface area contributed by atoms with E-state index in [0.717, 1.165) is 17.3 Å².